The molecule has 104 valence electrons. The minimum absolute atomic E-state index is 0.0763. The van der Waals surface area contributed by atoms with Crippen molar-refractivity contribution < 1.29 is 18.7 Å². The summed E-state index contributed by atoms with van der Waals surface area (Å²) in [5.74, 6) is -2.67. The van der Waals surface area contributed by atoms with E-state index in [1.807, 2.05) is 0 Å². The van der Waals surface area contributed by atoms with E-state index in [0.717, 1.165) is 43.9 Å². The molecule has 2 rings (SSSR count). The first-order chi connectivity index (χ1) is 8.91. The van der Waals surface area contributed by atoms with Crippen molar-refractivity contribution in [1.29, 1.82) is 0 Å². The lowest BCUT2D eigenvalue weighted by atomic mass is 9.90. The number of carbonyl (C=O) groups is 1. The summed E-state index contributed by atoms with van der Waals surface area (Å²) in [6.07, 6.45) is 3.87. The maximum Gasteiger partial charge on any atom is 0.328 e. The summed E-state index contributed by atoms with van der Waals surface area (Å²) in [5, 5.41) is 12.5. The number of carboxylic acid groups (broad SMARTS) is 1. The lowest BCUT2D eigenvalue weighted by Crippen LogP contribution is -2.50. The van der Waals surface area contributed by atoms with Crippen LogP contribution in [0, 0.1) is 11.6 Å². The standard InChI is InChI=1S/C14H17F2NO2/c1-14(13(18)19,17-12-4-2-3-5-12)9-6-10(15)8-11(16)7-9/h6-8,12,17H,2-5H2,1H3,(H,18,19). The van der Waals surface area contributed by atoms with Gasteiger partial charge in [0.15, 0.2) is 0 Å². The van der Waals surface area contributed by atoms with E-state index in [9.17, 15) is 18.7 Å². The van der Waals surface area contributed by atoms with E-state index < -0.39 is 23.1 Å². The van der Waals surface area contributed by atoms with Crippen LogP contribution >= 0.6 is 0 Å². The molecule has 1 aliphatic carbocycles. The van der Waals surface area contributed by atoms with Gasteiger partial charge in [0.1, 0.15) is 17.2 Å². The maximum atomic E-state index is 13.3. The summed E-state index contributed by atoms with van der Waals surface area (Å²) in [5.41, 5.74) is -1.37. The Kier molecular flexibility index (Phi) is 3.85. The first kappa shape index (κ1) is 13.9. The average Bonchev–Trinajstić information content (AvgIpc) is 2.79. The predicted octanol–water partition coefficient (Wildman–Crippen LogP) is 2.80. The Morgan fingerprint density at radius 2 is 1.79 bits per heavy atom. The average molecular weight is 269 g/mol. The molecule has 19 heavy (non-hydrogen) atoms. The van der Waals surface area contributed by atoms with E-state index >= 15 is 0 Å². The van der Waals surface area contributed by atoms with Crippen molar-refractivity contribution in [2.75, 3.05) is 0 Å². The molecule has 1 aliphatic rings. The Morgan fingerprint density at radius 3 is 2.26 bits per heavy atom. The molecule has 0 heterocycles. The van der Waals surface area contributed by atoms with Crippen LogP contribution in [0.15, 0.2) is 18.2 Å². The van der Waals surface area contributed by atoms with E-state index in [1.165, 1.54) is 6.92 Å². The van der Waals surface area contributed by atoms with Gasteiger partial charge >= 0.3 is 5.97 Å². The quantitative estimate of drug-likeness (QED) is 0.883. The molecule has 0 saturated heterocycles. The molecule has 0 radical (unpaired) electrons. The summed E-state index contributed by atoms with van der Waals surface area (Å²) >= 11 is 0. The fraction of sp³-hybridized carbons (Fsp3) is 0.500. The molecule has 3 nitrogen and oxygen atoms in total. The van der Waals surface area contributed by atoms with Crippen molar-refractivity contribution in [3.8, 4) is 0 Å². The van der Waals surface area contributed by atoms with Gasteiger partial charge < -0.3 is 5.11 Å². The highest BCUT2D eigenvalue weighted by Gasteiger charge is 2.38. The second-order valence-corrected chi connectivity index (χ2v) is 5.21. The van der Waals surface area contributed by atoms with Gasteiger partial charge in [-0.3, -0.25) is 5.32 Å². The number of nitrogens with one attached hydrogen (secondary N) is 1. The zero-order valence-corrected chi connectivity index (χ0v) is 10.7. The Morgan fingerprint density at radius 1 is 1.26 bits per heavy atom. The fourth-order valence-electron chi connectivity index (χ4n) is 2.59. The van der Waals surface area contributed by atoms with Gasteiger partial charge in [-0.2, -0.15) is 0 Å². The van der Waals surface area contributed by atoms with Crippen LogP contribution < -0.4 is 5.32 Å². The van der Waals surface area contributed by atoms with Crippen molar-refractivity contribution in [3.05, 3.63) is 35.4 Å². The molecular weight excluding hydrogens is 252 g/mol. The highest BCUT2D eigenvalue weighted by Crippen LogP contribution is 2.28. The molecule has 5 heteroatoms. The van der Waals surface area contributed by atoms with Gasteiger partial charge in [-0.1, -0.05) is 12.8 Å². The van der Waals surface area contributed by atoms with Gasteiger partial charge in [-0.05, 0) is 37.5 Å². The van der Waals surface area contributed by atoms with Crippen LogP contribution in [-0.2, 0) is 10.3 Å². The van der Waals surface area contributed by atoms with Crippen molar-refractivity contribution in [1.82, 2.24) is 5.32 Å². The van der Waals surface area contributed by atoms with Gasteiger partial charge in [-0.15, -0.1) is 0 Å². The molecule has 0 aromatic heterocycles. The Hall–Kier alpha value is -1.49. The monoisotopic (exact) mass is 269 g/mol. The van der Waals surface area contributed by atoms with E-state index in [0.29, 0.717) is 0 Å². The number of halogens is 2. The number of hydrogen-bond acceptors (Lipinski definition) is 2. The van der Waals surface area contributed by atoms with Gasteiger partial charge in [0.2, 0.25) is 0 Å². The number of aliphatic carboxylic acids is 1. The van der Waals surface area contributed by atoms with Gasteiger partial charge in [-0.25, -0.2) is 13.6 Å². The molecule has 1 aromatic carbocycles. The van der Waals surface area contributed by atoms with Gasteiger partial charge in [0, 0.05) is 12.1 Å². The van der Waals surface area contributed by atoms with Crippen LogP contribution in [0.1, 0.15) is 38.2 Å². The topological polar surface area (TPSA) is 49.3 Å². The van der Waals surface area contributed by atoms with Crippen LogP contribution in [0.2, 0.25) is 0 Å². The Balaban J connectivity index is 2.34. The van der Waals surface area contributed by atoms with E-state index in [1.54, 1.807) is 0 Å². The molecule has 2 N–H and O–H groups in total. The van der Waals surface area contributed by atoms with Crippen LogP contribution in [0.3, 0.4) is 0 Å². The summed E-state index contributed by atoms with van der Waals surface area (Å²) < 4.78 is 26.5. The second kappa shape index (κ2) is 5.25. The van der Waals surface area contributed by atoms with Crippen LogP contribution in [0.4, 0.5) is 8.78 Å². The predicted molar refractivity (Wildman–Crippen MR) is 66.7 cm³/mol. The molecule has 1 fully saturated rings. The number of benzene rings is 1. The zero-order chi connectivity index (χ0) is 14.0. The summed E-state index contributed by atoms with van der Waals surface area (Å²) in [6.45, 7) is 1.45. The minimum atomic E-state index is -1.47. The summed E-state index contributed by atoms with van der Waals surface area (Å²) in [7, 11) is 0. The number of rotatable bonds is 4. The van der Waals surface area contributed by atoms with Crippen LogP contribution in [-0.4, -0.2) is 17.1 Å². The van der Waals surface area contributed by atoms with Crippen molar-refractivity contribution in [2.45, 2.75) is 44.2 Å². The summed E-state index contributed by atoms with van der Waals surface area (Å²) in [4.78, 5) is 11.5. The first-order valence-electron chi connectivity index (χ1n) is 6.39. The lowest BCUT2D eigenvalue weighted by Gasteiger charge is -2.30. The normalized spacial score (nSPS) is 19.3. The molecule has 0 spiro atoms. The SMILES string of the molecule is CC(NC1CCCC1)(C(=O)O)c1cc(F)cc(F)c1. The molecular formula is C14H17F2NO2. The smallest absolute Gasteiger partial charge is 0.328 e. The second-order valence-electron chi connectivity index (χ2n) is 5.21. The van der Waals surface area contributed by atoms with E-state index in [-0.39, 0.29) is 11.6 Å². The third-order valence-corrected chi connectivity index (χ3v) is 3.72. The Bertz CT molecular complexity index is 466. The van der Waals surface area contributed by atoms with E-state index in [2.05, 4.69) is 5.32 Å². The molecule has 1 aromatic rings. The maximum absolute atomic E-state index is 13.3. The van der Waals surface area contributed by atoms with E-state index in [4.69, 9.17) is 0 Å². The van der Waals surface area contributed by atoms with Gasteiger partial charge in [0.25, 0.3) is 0 Å². The first-order valence-corrected chi connectivity index (χ1v) is 6.39. The lowest BCUT2D eigenvalue weighted by molar-refractivity contribution is -0.145. The molecule has 0 amide bonds. The largest absolute Gasteiger partial charge is 0.480 e. The third kappa shape index (κ3) is 2.92. The minimum Gasteiger partial charge on any atom is -0.480 e. The highest BCUT2D eigenvalue weighted by atomic mass is 19.1. The Labute approximate surface area is 110 Å². The number of carboxylic acids is 1. The van der Waals surface area contributed by atoms with Crippen LogP contribution in [0.5, 0.6) is 0 Å². The summed E-state index contributed by atoms with van der Waals surface area (Å²) in [6, 6.07) is 2.95. The third-order valence-electron chi connectivity index (χ3n) is 3.72. The van der Waals surface area contributed by atoms with Gasteiger partial charge in [0.05, 0.1) is 0 Å². The van der Waals surface area contributed by atoms with Crippen molar-refractivity contribution in [2.24, 2.45) is 0 Å². The molecule has 0 aliphatic heterocycles. The number of hydrogen-bond donors (Lipinski definition) is 2. The van der Waals surface area contributed by atoms with Crippen LogP contribution in [0.25, 0.3) is 0 Å². The van der Waals surface area contributed by atoms with Crippen molar-refractivity contribution >= 4 is 5.97 Å². The molecule has 1 unspecified atom stereocenters. The zero-order valence-electron chi connectivity index (χ0n) is 10.7. The molecule has 1 atom stereocenters. The van der Waals surface area contributed by atoms with Crippen molar-refractivity contribution in [3.63, 3.8) is 0 Å². The highest BCUT2D eigenvalue weighted by molar-refractivity contribution is 5.80. The molecule has 0 bridgehead atoms. The fourth-order valence-corrected chi connectivity index (χ4v) is 2.59. The molecule has 1 saturated carbocycles.